The molecule has 2 N–H and O–H groups in total. The van der Waals surface area contributed by atoms with Crippen LogP contribution in [-0.4, -0.2) is 22.7 Å². The molecule has 6 heteroatoms. The quantitative estimate of drug-likeness (QED) is 0.887. The number of carbonyl (C=O) groups is 1. The van der Waals surface area contributed by atoms with Crippen LogP contribution in [0, 0.1) is 6.92 Å². The highest BCUT2D eigenvalue weighted by atomic mass is 32.1. The number of rotatable bonds is 5. The van der Waals surface area contributed by atoms with E-state index in [4.69, 9.17) is 4.52 Å². The summed E-state index contributed by atoms with van der Waals surface area (Å²) in [6.45, 7) is 5.44. The van der Waals surface area contributed by atoms with Gasteiger partial charge in [0, 0.05) is 4.88 Å². The summed E-state index contributed by atoms with van der Waals surface area (Å²) in [5.41, 5.74) is 0.0200. The molecule has 0 fully saturated rings. The topological polar surface area (TPSA) is 75.4 Å². The molecule has 108 valence electrons. The highest BCUT2D eigenvalue weighted by molar-refractivity contribution is 7.10. The SMILES string of the molecule is CCc1noc(C)c1C(=O)NCC(C)(O)c1cccs1. The third-order valence-electron chi connectivity index (χ3n) is 3.14. The van der Waals surface area contributed by atoms with Crippen molar-refractivity contribution < 1.29 is 14.4 Å². The summed E-state index contributed by atoms with van der Waals surface area (Å²) in [5.74, 6) is 0.229. The highest BCUT2D eigenvalue weighted by Crippen LogP contribution is 2.24. The predicted octanol–water partition coefficient (Wildman–Crippen LogP) is 2.24. The van der Waals surface area contributed by atoms with Gasteiger partial charge < -0.3 is 14.9 Å². The second kappa shape index (κ2) is 5.76. The van der Waals surface area contributed by atoms with Crippen molar-refractivity contribution in [3.05, 3.63) is 39.4 Å². The van der Waals surface area contributed by atoms with Crippen molar-refractivity contribution in [2.75, 3.05) is 6.54 Å². The lowest BCUT2D eigenvalue weighted by molar-refractivity contribution is 0.0556. The fraction of sp³-hybridized carbons (Fsp3) is 0.429. The lowest BCUT2D eigenvalue weighted by atomic mass is 10.0. The molecule has 0 spiro atoms. The minimum absolute atomic E-state index is 0.139. The van der Waals surface area contributed by atoms with Crippen LogP contribution in [0.3, 0.4) is 0 Å². The molecule has 2 rings (SSSR count). The monoisotopic (exact) mass is 294 g/mol. The standard InChI is InChI=1S/C14H18N2O3S/c1-4-10-12(9(2)19-16-10)13(17)15-8-14(3,18)11-6-5-7-20-11/h5-7,18H,4,8H2,1-3H3,(H,15,17). The number of carbonyl (C=O) groups excluding carboxylic acids is 1. The Morgan fingerprint density at radius 1 is 1.60 bits per heavy atom. The van der Waals surface area contributed by atoms with Crippen molar-refractivity contribution in [3.8, 4) is 0 Å². The lowest BCUT2D eigenvalue weighted by Crippen LogP contribution is -2.38. The van der Waals surface area contributed by atoms with Crippen LogP contribution in [0.1, 0.15) is 40.5 Å². The molecule has 5 nitrogen and oxygen atoms in total. The summed E-state index contributed by atoms with van der Waals surface area (Å²) >= 11 is 1.46. The summed E-state index contributed by atoms with van der Waals surface area (Å²) < 4.78 is 5.04. The zero-order chi connectivity index (χ0) is 14.8. The predicted molar refractivity (Wildman–Crippen MR) is 76.8 cm³/mol. The zero-order valence-corrected chi connectivity index (χ0v) is 12.6. The molecule has 20 heavy (non-hydrogen) atoms. The van der Waals surface area contributed by atoms with Crippen molar-refractivity contribution in [2.45, 2.75) is 32.8 Å². The summed E-state index contributed by atoms with van der Waals surface area (Å²) in [6, 6.07) is 3.72. The molecule has 2 aromatic rings. The first-order chi connectivity index (χ1) is 9.45. The maximum absolute atomic E-state index is 12.2. The Morgan fingerprint density at radius 3 is 2.95 bits per heavy atom. The molecule has 1 amide bonds. The van der Waals surface area contributed by atoms with Gasteiger partial charge in [0.25, 0.3) is 5.91 Å². The molecule has 0 aliphatic carbocycles. The molecule has 0 aliphatic heterocycles. The summed E-state index contributed by atoms with van der Waals surface area (Å²) in [6.07, 6.45) is 0.626. The fourth-order valence-corrected chi connectivity index (χ4v) is 2.75. The Balaban J connectivity index is 2.07. The number of aromatic nitrogens is 1. The number of nitrogens with one attached hydrogen (secondary N) is 1. The van der Waals surface area contributed by atoms with E-state index in [1.807, 2.05) is 24.4 Å². The zero-order valence-electron chi connectivity index (χ0n) is 11.8. The van der Waals surface area contributed by atoms with E-state index in [0.29, 0.717) is 23.4 Å². The van der Waals surface area contributed by atoms with Gasteiger partial charge in [0.05, 0.1) is 12.2 Å². The van der Waals surface area contributed by atoms with Crippen LogP contribution in [0.25, 0.3) is 0 Å². The van der Waals surface area contributed by atoms with Gasteiger partial charge in [-0.15, -0.1) is 11.3 Å². The maximum Gasteiger partial charge on any atom is 0.256 e. The van der Waals surface area contributed by atoms with Crippen LogP contribution in [0.4, 0.5) is 0 Å². The van der Waals surface area contributed by atoms with Gasteiger partial charge in [0.1, 0.15) is 16.9 Å². The van der Waals surface area contributed by atoms with Gasteiger partial charge in [-0.2, -0.15) is 0 Å². The van der Waals surface area contributed by atoms with Crippen LogP contribution in [0.2, 0.25) is 0 Å². The van der Waals surface area contributed by atoms with E-state index >= 15 is 0 Å². The number of hydrogen-bond acceptors (Lipinski definition) is 5. The van der Waals surface area contributed by atoms with Crippen molar-refractivity contribution in [1.29, 1.82) is 0 Å². The molecule has 0 radical (unpaired) electrons. The number of nitrogens with zero attached hydrogens (tertiary/aromatic N) is 1. The average molecular weight is 294 g/mol. The second-order valence-electron chi connectivity index (χ2n) is 4.85. The molecule has 0 bridgehead atoms. The highest BCUT2D eigenvalue weighted by Gasteiger charge is 2.26. The lowest BCUT2D eigenvalue weighted by Gasteiger charge is -2.22. The van der Waals surface area contributed by atoms with E-state index in [9.17, 15) is 9.90 Å². The number of aryl methyl sites for hydroxylation is 2. The van der Waals surface area contributed by atoms with Crippen LogP contribution < -0.4 is 5.32 Å². The normalized spacial score (nSPS) is 14.0. The van der Waals surface area contributed by atoms with Crippen LogP contribution in [-0.2, 0) is 12.0 Å². The largest absolute Gasteiger partial charge is 0.383 e. The maximum atomic E-state index is 12.2. The van der Waals surface area contributed by atoms with E-state index in [0.717, 1.165) is 4.88 Å². The average Bonchev–Trinajstić information content (AvgIpc) is 3.05. The second-order valence-corrected chi connectivity index (χ2v) is 5.80. The van der Waals surface area contributed by atoms with Gasteiger partial charge in [-0.25, -0.2) is 0 Å². The van der Waals surface area contributed by atoms with Crippen molar-refractivity contribution in [3.63, 3.8) is 0 Å². The molecular weight excluding hydrogens is 276 g/mol. The van der Waals surface area contributed by atoms with Crippen molar-refractivity contribution >= 4 is 17.2 Å². The third-order valence-corrected chi connectivity index (χ3v) is 4.26. The van der Waals surface area contributed by atoms with Crippen LogP contribution >= 0.6 is 11.3 Å². The summed E-state index contributed by atoms with van der Waals surface area (Å²) in [4.78, 5) is 13.0. The van der Waals surface area contributed by atoms with Crippen molar-refractivity contribution in [1.82, 2.24) is 10.5 Å². The van der Waals surface area contributed by atoms with Gasteiger partial charge in [-0.05, 0) is 31.7 Å². The smallest absolute Gasteiger partial charge is 0.256 e. The van der Waals surface area contributed by atoms with Gasteiger partial charge >= 0.3 is 0 Å². The number of hydrogen-bond donors (Lipinski definition) is 2. The molecule has 0 aliphatic rings. The molecule has 1 atom stereocenters. The molecule has 0 aromatic carbocycles. The first-order valence-electron chi connectivity index (χ1n) is 6.45. The van der Waals surface area contributed by atoms with Crippen LogP contribution in [0.15, 0.2) is 22.0 Å². The molecule has 2 aromatic heterocycles. The molecule has 1 unspecified atom stereocenters. The molecule has 0 saturated carbocycles. The van der Waals surface area contributed by atoms with E-state index in [-0.39, 0.29) is 12.5 Å². The minimum Gasteiger partial charge on any atom is -0.383 e. The molecular formula is C14H18N2O3S. The van der Waals surface area contributed by atoms with E-state index in [1.165, 1.54) is 11.3 Å². The Bertz CT molecular complexity index is 588. The van der Waals surface area contributed by atoms with Crippen molar-refractivity contribution in [2.24, 2.45) is 0 Å². The molecule has 0 saturated heterocycles. The Hall–Kier alpha value is -1.66. The Kier molecular flexibility index (Phi) is 4.25. The van der Waals surface area contributed by atoms with Gasteiger partial charge in [0.15, 0.2) is 0 Å². The van der Waals surface area contributed by atoms with Gasteiger partial charge in [0.2, 0.25) is 0 Å². The number of amides is 1. The minimum atomic E-state index is -1.08. The van der Waals surface area contributed by atoms with E-state index in [2.05, 4.69) is 10.5 Å². The molecule has 2 heterocycles. The van der Waals surface area contributed by atoms with Gasteiger partial charge in [-0.1, -0.05) is 18.1 Å². The third kappa shape index (κ3) is 2.91. The first kappa shape index (κ1) is 14.7. The number of thiophene rings is 1. The Morgan fingerprint density at radius 2 is 2.35 bits per heavy atom. The fourth-order valence-electron chi connectivity index (χ4n) is 1.96. The number of aliphatic hydroxyl groups is 1. The van der Waals surface area contributed by atoms with E-state index < -0.39 is 5.60 Å². The van der Waals surface area contributed by atoms with Gasteiger partial charge in [-0.3, -0.25) is 4.79 Å². The summed E-state index contributed by atoms with van der Waals surface area (Å²) in [5, 5.41) is 18.9. The van der Waals surface area contributed by atoms with E-state index in [1.54, 1.807) is 13.8 Å². The van der Waals surface area contributed by atoms with Crippen LogP contribution in [0.5, 0.6) is 0 Å². The Labute approximate surface area is 121 Å². The summed E-state index contributed by atoms with van der Waals surface area (Å²) in [7, 11) is 0. The first-order valence-corrected chi connectivity index (χ1v) is 7.33.